The van der Waals surface area contributed by atoms with Crippen molar-refractivity contribution < 1.29 is 24.5 Å². The van der Waals surface area contributed by atoms with Crippen molar-refractivity contribution in [3.63, 3.8) is 0 Å². The number of quaternary nitrogens is 1. The first kappa shape index (κ1) is 17.0. The van der Waals surface area contributed by atoms with E-state index in [2.05, 4.69) is 5.32 Å². The van der Waals surface area contributed by atoms with Gasteiger partial charge in [0.15, 0.2) is 11.5 Å². The summed E-state index contributed by atoms with van der Waals surface area (Å²) < 4.78 is 16.6. The van der Waals surface area contributed by atoms with Crippen LogP contribution in [-0.4, -0.2) is 32.3 Å². The van der Waals surface area contributed by atoms with E-state index in [9.17, 15) is 10.1 Å². The third kappa shape index (κ3) is 3.66. The maximum absolute atomic E-state index is 10.7. The molecule has 0 amide bonds. The second kappa shape index (κ2) is 7.40. The van der Waals surface area contributed by atoms with Crippen LogP contribution in [-0.2, 0) is 6.42 Å². The topological polar surface area (TPSA) is 87.4 Å². The molecule has 2 aromatic rings. The normalized spacial score (nSPS) is 16.0. The number of nitrogens with two attached hydrogens (primary N) is 1. The van der Waals surface area contributed by atoms with Gasteiger partial charge in [-0.1, -0.05) is 0 Å². The number of hydrogen-bond donors (Lipinski definition) is 1. The van der Waals surface area contributed by atoms with Gasteiger partial charge in [-0.2, -0.15) is 0 Å². The predicted molar refractivity (Wildman–Crippen MR) is 91.4 cm³/mol. The van der Waals surface area contributed by atoms with E-state index in [1.165, 1.54) is 23.3 Å². The number of nitro groups is 1. The summed E-state index contributed by atoms with van der Waals surface area (Å²) in [5, 5.41) is 12.9. The highest BCUT2D eigenvalue weighted by Crippen LogP contribution is 2.33. The Morgan fingerprint density at radius 2 is 1.84 bits per heavy atom. The van der Waals surface area contributed by atoms with E-state index < -0.39 is 4.92 Å². The summed E-state index contributed by atoms with van der Waals surface area (Å²) >= 11 is 0. The van der Waals surface area contributed by atoms with E-state index >= 15 is 0 Å². The van der Waals surface area contributed by atoms with Gasteiger partial charge in [-0.25, -0.2) is 0 Å². The number of hydrogen-bond acceptors (Lipinski definition) is 5. The lowest BCUT2D eigenvalue weighted by Crippen LogP contribution is -2.88. The monoisotopic (exact) mass is 345 g/mol. The van der Waals surface area contributed by atoms with Gasteiger partial charge in [0.2, 0.25) is 0 Å². The predicted octanol–water partition coefficient (Wildman–Crippen LogP) is 1.85. The van der Waals surface area contributed by atoms with Gasteiger partial charge in [-0.05, 0) is 29.8 Å². The van der Waals surface area contributed by atoms with Gasteiger partial charge in [0.05, 0.1) is 25.7 Å². The highest BCUT2D eigenvalue weighted by molar-refractivity contribution is 5.48. The molecule has 1 aliphatic rings. The largest absolute Gasteiger partial charge is 0.493 e. The second-order valence-electron chi connectivity index (χ2n) is 5.85. The lowest BCUT2D eigenvalue weighted by Gasteiger charge is -2.25. The first-order valence-corrected chi connectivity index (χ1v) is 8.07. The molecular formula is C18H21N2O5+. The molecule has 1 heterocycles. The van der Waals surface area contributed by atoms with Crippen LogP contribution >= 0.6 is 0 Å². The molecule has 25 heavy (non-hydrogen) atoms. The van der Waals surface area contributed by atoms with Crippen molar-refractivity contribution in [2.75, 3.05) is 27.4 Å². The van der Waals surface area contributed by atoms with Gasteiger partial charge < -0.3 is 19.5 Å². The summed E-state index contributed by atoms with van der Waals surface area (Å²) in [5.74, 6) is 2.06. The van der Waals surface area contributed by atoms with Crippen molar-refractivity contribution >= 4 is 5.69 Å². The van der Waals surface area contributed by atoms with Crippen molar-refractivity contribution in [1.82, 2.24) is 0 Å². The number of methoxy groups -OCH3 is 2. The molecule has 0 radical (unpaired) electrons. The average Bonchev–Trinajstić information content (AvgIpc) is 2.65. The molecular weight excluding hydrogens is 324 g/mol. The maximum atomic E-state index is 10.7. The molecule has 0 aromatic heterocycles. The average molecular weight is 345 g/mol. The molecule has 0 saturated carbocycles. The Balaban J connectivity index is 1.75. The molecule has 0 spiro atoms. The zero-order chi connectivity index (χ0) is 17.8. The number of non-ortho nitro benzene ring substituents is 1. The zero-order valence-corrected chi connectivity index (χ0v) is 14.2. The van der Waals surface area contributed by atoms with Crippen molar-refractivity contribution in [2.24, 2.45) is 0 Å². The molecule has 0 aliphatic carbocycles. The van der Waals surface area contributed by atoms with Crippen molar-refractivity contribution in [3.8, 4) is 17.2 Å². The van der Waals surface area contributed by atoms with E-state index in [-0.39, 0.29) is 11.7 Å². The Labute approximate surface area is 145 Å². The van der Waals surface area contributed by atoms with E-state index in [1.54, 1.807) is 26.4 Å². The van der Waals surface area contributed by atoms with Crippen LogP contribution in [0.2, 0.25) is 0 Å². The minimum atomic E-state index is -0.422. The molecule has 0 saturated heterocycles. The summed E-state index contributed by atoms with van der Waals surface area (Å²) in [6.07, 6.45) is 0.962. The lowest BCUT2D eigenvalue weighted by molar-refractivity contribution is -0.700. The maximum Gasteiger partial charge on any atom is 0.269 e. The second-order valence-corrected chi connectivity index (χ2v) is 5.85. The third-order valence-electron chi connectivity index (χ3n) is 4.39. The molecule has 7 heteroatoms. The molecule has 3 rings (SSSR count). The minimum Gasteiger partial charge on any atom is -0.493 e. The molecule has 2 aromatic carbocycles. The van der Waals surface area contributed by atoms with Gasteiger partial charge in [-0.3, -0.25) is 10.1 Å². The van der Waals surface area contributed by atoms with Crippen LogP contribution in [0.25, 0.3) is 0 Å². The SMILES string of the molecule is COc1cc2c(cc1OC)[C@@H](COc1ccc([N+](=O)[O-])cc1)[NH2+]CC2. The highest BCUT2D eigenvalue weighted by atomic mass is 16.6. The fraction of sp³-hybridized carbons (Fsp3) is 0.333. The molecule has 0 bridgehead atoms. The Bertz CT molecular complexity index is 761. The summed E-state index contributed by atoms with van der Waals surface area (Å²) in [4.78, 5) is 10.3. The van der Waals surface area contributed by atoms with Crippen LogP contribution in [0.3, 0.4) is 0 Å². The standard InChI is InChI=1S/C18H20N2O5/c1-23-17-9-12-7-8-19-16(15(12)10-18(17)24-2)11-25-14-5-3-13(4-6-14)20(21)22/h3-6,9-10,16,19H,7-8,11H2,1-2H3/p+1/t16-/m1/s1. The summed E-state index contributed by atoms with van der Waals surface area (Å²) in [7, 11) is 3.26. The molecule has 0 unspecified atom stereocenters. The van der Waals surface area contributed by atoms with Crippen LogP contribution in [0.1, 0.15) is 17.2 Å². The van der Waals surface area contributed by atoms with E-state index in [0.29, 0.717) is 18.1 Å². The van der Waals surface area contributed by atoms with Crippen LogP contribution in [0.5, 0.6) is 17.2 Å². The first-order valence-electron chi connectivity index (χ1n) is 8.07. The van der Waals surface area contributed by atoms with Crippen molar-refractivity contribution in [3.05, 3.63) is 57.6 Å². The highest BCUT2D eigenvalue weighted by Gasteiger charge is 2.26. The molecule has 1 aliphatic heterocycles. The van der Waals surface area contributed by atoms with Gasteiger partial charge >= 0.3 is 0 Å². The zero-order valence-electron chi connectivity index (χ0n) is 14.2. The van der Waals surface area contributed by atoms with Crippen molar-refractivity contribution in [1.29, 1.82) is 0 Å². The molecule has 7 nitrogen and oxygen atoms in total. The van der Waals surface area contributed by atoms with Gasteiger partial charge in [0.1, 0.15) is 18.4 Å². The van der Waals surface area contributed by atoms with E-state index in [0.717, 1.165) is 18.7 Å². The number of nitro benzene ring substituents is 1. The lowest BCUT2D eigenvalue weighted by atomic mass is 9.94. The number of fused-ring (bicyclic) bond motifs is 1. The summed E-state index contributed by atoms with van der Waals surface area (Å²) in [6.45, 7) is 1.44. The van der Waals surface area contributed by atoms with Gasteiger partial charge in [0, 0.05) is 24.1 Å². The van der Waals surface area contributed by atoms with Gasteiger partial charge in [0.25, 0.3) is 5.69 Å². The van der Waals surface area contributed by atoms with Crippen LogP contribution in [0.15, 0.2) is 36.4 Å². The fourth-order valence-corrected chi connectivity index (χ4v) is 3.07. The van der Waals surface area contributed by atoms with Crippen LogP contribution in [0.4, 0.5) is 5.69 Å². The number of nitrogens with zero attached hydrogens (tertiary/aromatic N) is 1. The third-order valence-corrected chi connectivity index (χ3v) is 4.39. The van der Waals surface area contributed by atoms with Gasteiger partial charge in [-0.15, -0.1) is 0 Å². The fourth-order valence-electron chi connectivity index (χ4n) is 3.07. The van der Waals surface area contributed by atoms with Crippen LogP contribution < -0.4 is 19.5 Å². The molecule has 0 fully saturated rings. The molecule has 132 valence electrons. The number of benzene rings is 2. The smallest absolute Gasteiger partial charge is 0.269 e. The van der Waals surface area contributed by atoms with Crippen molar-refractivity contribution in [2.45, 2.75) is 12.5 Å². The quantitative estimate of drug-likeness (QED) is 0.638. The Hall–Kier alpha value is -2.80. The van der Waals surface area contributed by atoms with Crippen LogP contribution in [0, 0.1) is 10.1 Å². The number of rotatable bonds is 6. The molecule has 2 N–H and O–H groups in total. The first-order chi connectivity index (χ1) is 12.1. The minimum absolute atomic E-state index is 0.0544. The Morgan fingerprint density at radius 1 is 1.16 bits per heavy atom. The Kier molecular flexibility index (Phi) is 5.04. The summed E-state index contributed by atoms with van der Waals surface area (Å²) in [6, 6.07) is 10.3. The summed E-state index contributed by atoms with van der Waals surface area (Å²) in [5.41, 5.74) is 2.46. The number of ether oxygens (including phenoxy) is 3. The van der Waals surface area contributed by atoms with E-state index in [4.69, 9.17) is 14.2 Å². The van der Waals surface area contributed by atoms with E-state index in [1.807, 2.05) is 12.1 Å². The molecule has 1 atom stereocenters. The Morgan fingerprint density at radius 3 is 2.48 bits per heavy atom.